The average molecular weight is 284 g/mol. The number of morpholine rings is 1. The Morgan fingerprint density at radius 1 is 1.47 bits per heavy atom. The molecule has 0 N–H and O–H groups in total. The second kappa shape index (κ2) is 5.83. The number of ether oxygens (including phenoxy) is 1. The van der Waals surface area contributed by atoms with E-state index >= 15 is 0 Å². The molecule has 2 rings (SSSR count). The van der Waals surface area contributed by atoms with Crippen LogP contribution in [0.1, 0.15) is 24.8 Å². The molecule has 1 aliphatic rings. The first-order valence-corrected chi connectivity index (χ1v) is 7.21. The van der Waals surface area contributed by atoms with Crippen molar-refractivity contribution in [3.8, 4) is 0 Å². The molecule has 6 nitrogen and oxygen atoms in total. The van der Waals surface area contributed by atoms with Crippen LogP contribution in [-0.4, -0.2) is 60.9 Å². The van der Waals surface area contributed by atoms with Crippen molar-refractivity contribution in [1.29, 1.82) is 0 Å². The molecule has 0 radical (unpaired) electrons. The van der Waals surface area contributed by atoms with Gasteiger partial charge in [-0.05, 0) is 0 Å². The molecule has 1 saturated heterocycles. The molecule has 0 bridgehead atoms. The third-order valence-electron chi connectivity index (χ3n) is 2.98. The largest absolute Gasteiger partial charge is 0.365 e. The number of likely N-dealkylation sites (N-methyl/N-ethyl adjacent to an activating group) is 1. The van der Waals surface area contributed by atoms with Crippen molar-refractivity contribution in [2.75, 3.05) is 38.7 Å². The van der Waals surface area contributed by atoms with Crippen LogP contribution in [0.25, 0.3) is 0 Å². The van der Waals surface area contributed by atoms with Crippen LogP contribution in [0.4, 0.5) is 5.13 Å². The lowest BCUT2D eigenvalue weighted by molar-refractivity contribution is -0.141. The van der Waals surface area contributed by atoms with Gasteiger partial charge in [-0.2, -0.15) is 0 Å². The molecule has 19 heavy (non-hydrogen) atoms. The van der Waals surface area contributed by atoms with Crippen molar-refractivity contribution < 1.29 is 9.53 Å². The van der Waals surface area contributed by atoms with Crippen LogP contribution in [0.2, 0.25) is 0 Å². The number of carbonyl (C=O) groups excluding carboxylic acids is 1. The number of amides is 1. The molecule has 0 unspecified atom stereocenters. The van der Waals surface area contributed by atoms with Gasteiger partial charge in [0.1, 0.15) is 5.01 Å². The molecule has 7 heteroatoms. The SMILES string of the molecule is CC(C)c1nnc(N2CCO[C@@H](C(=O)N(C)C)C2)s1. The summed E-state index contributed by atoms with van der Waals surface area (Å²) in [5.41, 5.74) is 0. The van der Waals surface area contributed by atoms with Gasteiger partial charge in [0.25, 0.3) is 5.91 Å². The predicted octanol–water partition coefficient (Wildman–Crippen LogP) is 0.955. The number of aromatic nitrogens is 2. The Morgan fingerprint density at radius 2 is 2.21 bits per heavy atom. The third-order valence-corrected chi connectivity index (χ3v) is 4.26. The van der Waals surface area contributed by atoms with Gasteiger partial charge in [-0.1, -0.05) is 25.2 Å². The Hall–Kier alpha value is -1.21. The smallest absolute Gasteiger partial charge is 0.253 e. The van der Waals surface area contributed by atoms with Gasteiger partial charge in [0.05, 0.1) is 13.2 Å². The maximum Gasteiger partial charge on any atom is 0.253 e. The molecular formula is C12H20N4O2S. The second-order valence-corrected chi connectivity index (χ2v) is 6.10. The Balaban J connectivity index is 2.06. The molecule has 1 aromatic rings. The van der Waals surface area contributed by atoms with E-state index in [0.717, 1.165) is 16.7 Å². The van der Waals surface area contributed by atoms with E-state index in [1.165, 1.54) is 0 Å². The van der Waals surface area contributed by atoms with Crippen molar-refractivity contribution in [3.63, 3.8) is 0 Å². The van der Waals surface area contributed by atoms with Crippen LogP contribution in [0.15, 0.2) is 0 Å². The summed E-state index contributed by atoms with van der Waals surface area (Å²) in [4.78, 5) is 15.6. The zero-order valence-electron chi connectivity index (χ0n) is 11.8. The van der Waals surface area contributed by atoms with Crippen molar-refractivity contribution in [2.45, 2.75) is 25.9 Å². The lowest BCUT2D eigenvalue weighted by Gasteiger charge is -2.32. The van der Waals surface area contributed by atoms with Crippen molar-refractivity contribution >= 4 is 22.4 Å². The first kappa shape index (κ1) is 14.2. The molecule has 2 heterocycles. The lowest BCUT2D eigenvalue weighted by Crippen LogP contribution is -2.49. The van der Waals surface area contributed by atoms with Crippen LogP contribution in [0.5, 0.6) is 0 Å². The van der Waals surface area contributed by atoms with E-state index in [4.69, 9.17) is 4.74 Å². The maximum absolute atomic E-state index is 11.9. The number of hydrogen-bond donors (Lipinski definition) is 0. The summed E-state index contributed by atoms with van der Waals surface area (Å²) in [6.07, 6.45) is -0.407. The number of carbonyl (C=O) groups is 1. The Labute approximate surface area is 117 Å². The monoisotopic (exact) mass is 284 g/mol. The summed E-state index contributed by atoms with van der Waals surface area (Å²) >= 11 is 1.59. The summed E-state index contributed by atoms with van der Waals surface area (Å²) in [7, 11) is 3.49. The summed E-state index contributed by atoms with van der Waals surface area (Å²) in [5.74, 6) is 0.379. The molecule has 0 aromatic carbocycles. The maximum atomic E-state index is 11.9. The summed E-state index contributed by atoms with van der Waals surface area (Å²) in [5, 5.41) is 10.3. The van der Waals surface area contributed by atoms with E-state index in [-0.39, 0.29) is 5.91 Å². The van der Waals surface area contributed by atoms with E-state index < -0.39 is 6.10 Å². The van der Waals surface area contributed by atoms with Crippen molar-refractivity contribution in [1.82, 2.24) is 15.1 Å². The summed E-state index contributed by atoms with van der Waals surface area (Å²) < 4.78 is 5.53. The van der Waals surface area contributed by atoms with Gasteiger partial charge in [-0.25, -0.2) is 0 Å². The fourth-order valence-electron chi connectivity index (χ4n) is 1.85. The lowest BCUT2D eigenvalue weighted by atomic mass is 10.2. The van der Waals surface area contributed by atoms with Gasteiger partial charge >= 0.3 is 0 Å². The minimum atomic E-state index is -0.407. The van der Waals surface area contributed by atoms with E-state index in [0.29, 0.717) is 19.1 Å². The van der Waals surface area contributed by atoms with Crippen LogP contribution in [0, 0.1) is 0 Å². The molecule has 106 valence electrons. The standard InChI is InChI=1S/C12H20N4O2S/c1-8(2)10-13-14-12(19-10)16-5-6-18-9(7-16)11(17)15(3)4/h8-9H,5-7H2,1-4H3/t9-/m1/s1. The summed E-state index contributed by atoms with van der Waals surface area (Å²) in [6, 6.07) is 0. The summed E-state index contributed by atoms with van der Waals surface area (Å²) in [6.45, 7) is 6.04. The molecule has 0 spiro atoms. The minimum Gasteiger partial charge on any atom is -0.365 e. The normalized spacial score (nSPS) is 19.8. The van der Waals surface area contributed by atoms with Crippen LogP contribution < -0.4 is 4.90 Å². The molecule has 0 saturated carbocycles. The van der Waals surface area contributed by atoms with Gasteiger partial charge in [0.2, 0.25) is 5.13 Å². The Morgan fingerprint density at radius 3 is 2.79 bits per heavy atom. The van der Waals surface area contributed by atoms with Crippen LogP contribution >= 0.6 is 11.3 Å². The van der Waals surface area contributed by atoms with Gasteiger partial charge in [0.15, 0.2) is 6.10 Å². The highest BCUT2D eigenvalue weighted by Crippen LogP contribution is 2.26. The Bertz CT molecular complexity index is 447. The van der Waals surface area contributed by atoms with Crippen LogP contribution in [0.3, 0.4) is 0 Å². The predicted molar refractivity (Wildman–Crippen MR) is 74.6 cm³/mol. The number of rotatable bonds is 3. The van der Waals surface area contributed by atoms with E-state index in [2.05, 4.69) is 28.9 Å². The van der Waals surface area contributed by atoms with E-state index in [9.17, 15) is 4.79 Å². The molecule has 1 fully saturated rings. The zero-order chi connectivity index (χ0) is 14.0. The van der Waals surface area contributed by atoms with Crippen molar-refractivity contribution in [2.24, 2.45) is 0 Å². The zero-order valence-corrected chi connectivity index (χ0v) is 12.6. The second-order valence-electron chi connectivity index (χ2n) is 5.12. The number of nitrogens with zero attached hydrogens (tertiary/aromatic N) is 4. The highest BCUT2D eigenvalue weighted by Gasteiger charge is 2.29. The average Bonchev–Trinajstić information content (AvgIpc) is 2.87. The molecule has 1 amide bonds. The number of anilines is 1. The fourth-order valence-corrected chi connectivity index (χ4v) is 2.73. The first-order valence-electron chi connectivity index (χ1n) is 6.40. The molecule has 1 aromatic heterocycles. The van der Waals surface area contributed by atoms with Gasteiger partial charge in [-0.3, -0.25) is 4.79 Å². The molecule has 0 aliphatic carbocycles. The molecular weight excluding hydrogens is 264 g/mol. The number of hydrogen-bond acceptors (Lipinski definition) is 6. The first-order chi connectivity index (χ1) is 8.99. The van der Waals surface area contributed by atoms with E-state index in [1.807, 2.05) is 0 Å². The van der Waals surface area contributed by atoms with Gasteiger partial charge in [0, 0.05) is 26.6 Å². The fraction of sp³-hybridized carbons (Fsp3) is 0.750. The van der Waals surface area contributed by atoms with Gasteiger partial charge in [-0.15, -0.1) is 10.2 Å². The third kappa shape index (κ3) is 3.22. The quantitative estimate of drug-likeness (QED) is 0.827. The van der Waals surface area contributed by atoms with Gasteiger partial charge < -0.3 is 14.5 Å². The molecule has 1 atom stereocenters. The highest BCUT2D eigenvalue weighted by atomic mass is 32.1. The Kier molecular flexibility index (Phi) is 4.36. The minimum absolute atomic E-state index is 0.00158. The molecule has 1 aliphatic heterocycles. The van der Waals surface area contributed by atoms with Crippen molar-refractivity contribution in [3.05, 3.63) is 5.01 Å². The van der Waals surface area contributed by atoms with Crippen LogP contribution in [-0.2, 0) is 9.53 Å². The topological polar surface area (TPSA) is 58.6 Å². The highest BCUT2D eigenvalue weighted by molar-refractivity contribution is 7.15. The van der Waals surface area contributed by atoms with E-state index in [1.54, 1.807) is 30.3 Å².